The van der Waals surface area contributed by atoms with Gasteiger partial charge in [0.2, 0.25) is 0 Å². The Morgan fingerprint density at radius 3 is 1.32 bits per heavy atom. The first-order valence-electron chi connectivity index (χ1n) is 8.85. The molecule has 0 spiro atoms. The minimum Gasteiger partial charge on any atom is -0.103 e. The van der Waals surface area contributed by atoms with Crippen molar-refractivity contribution in [1.82, 2.24) is 0 Å². The summed E-state index contributed by atoms with van der Waals surface area (Å²) in [7, 11) is 0. The van der Waals surface area contributed by atoms with Gasteiger partial charge in [-0.1, -0.05) is 84.6 Å². The van der Waals surface area contributed by atoms with Crippen LogP contribution in [0.3, 0.4) is 0 Å². The molecule has 0 aromatic rings. The van der Waals surface area contributed by atoms with Gasteiger partial charge in [0.05, 0.1) is 0 Å². The highest BCUT2D eigenvalue weighted by Gasteiger charge is 2.26. The fourth-order valence-electron chi connectivity index (χ4n) is 3.24. The van der Waals surface area contributed by atoms with Crippen molar-refractivity contribution < 1.29 is 0 Å². The Balaban J connectivity index is 4.42. The predicted molar refractivity (Wildman–Crippen MR) is 89.7 cm³/mol. The summed E-state index contributed by atoms with van der Waals surface area (Å²) < 4.78 is 0. The topological polar surface area (TPSA) is 0 Å². The summed E-state index contributed by atoms with van der Waals surface area (Å²) >= 11 is 0. The predicted octanol–water partition coefficient (Wildman–Crippen LogP) is 7.29. The van der Waals surface area contributed by atoms with E-state index in [1.165, 1.54) is 83.5 Å². The standard InChI is InChI=1S/C19H38/c1-5-9-12-16-19(15-8-4,17-13-10-6-2)18-14-11-7-3/h8H,4-7,9-18H2,1-3H3. The molecule has 0 heterocycles. The zero-order valence-corrected chi connectivity index (χ0v) is 14.0. The van der Waals surface area contributed by atoms with Crippen LogP contribution >= 0.6 is 0 Å². The van der Waals surface area contributed by atoms with Crippen LogP contribution in [0.15, 0.2) is 12.7 Å². The Hall–Kier alpha value is -0.260. The van der Waals surface area contributed by atoms with Crippen molar-refractivity contribution >= 4 is 0 Å². The van der Waals surface area contributed by atoms with Gasteiger partial charge in [-0.15, -0.1) is 6.58 Å². The van der Waals surface area contributed by atoms with E-state index >= 15 is 0 Å². The van der Waals surface area contributed by atoms with E-state index in [4.69, 9.17) is 0 Å². The fraction of sp³-hybridized carbons (Fsp3) is 0.895. The van der Waals surface area contributed by atoms with Crippen LogP contribution in [0.4, 0.5) is 0 Å². The molecule has 0 saturated heterocycles. The zero-order chi connectivity index (χ0) is 14.4. The molecule has 0 fully saturated rings. The molecule has 0 radical (unpaired) electrons. The molecule has 0 aliphatic heterocycles. The van der Waals surface area contributed by atoms with Crippen LogP contribution in [0.2, 0.25) is 0 Å². The van der Waals surface area contributed by atoms with Gasteiger partial charge in [0.25, 0.3) is 0 Å². The lowest BCUT2D eigenvalue weighted by Gasteiger charge is -2.34. The smallest absolute Gasteiger partial charge is 0.0263 e. The Morgan fingerprint density at radius 1 is 0.684 bits per heavy atom. The first kappa shape index (κ1) is 18.7. The van der Waals surface area contributed by atoms with Crippen LogP contribution in [-0.2, 0) is 0 Å². The van der Waals surface area contributed by atoms with Gasteiger partial charge in [-0.2, -0.15) is 0 Å². The normalized spacial score (nSPS) is 11.7. The highest BCUT2D eigenvalue weighted by molar-refractivity contribution is 4.86. The molecule has 0 atom stereocenters. The number of unbranched alkanes of at least 4 members (excludes halogenated alkanes) is 6. The van der Waals surface area contributed by atoms with E-state index in [1.807, 2.05) is 0 Å². The van der Waals surface area contributed by atoms with E-state index in [0.717, 1.165) is 0 Å². The molecule has 0 aromatic heterocycles. The van der Waals surface area contributed by atoms with E-state index in [2.05, 4.69) is 33.4 Å². The maximum atomic E-state index is 4.03. The third-order valence-corrected chi connectivity index (χ3v) is 4.51. The van der Waals surface area contributed by atoms with Gasteiger partial charge >= 0.3 is 0 Å². The summed E-state index contributed by atoms with van der Waals surface area (Å²) in [5.41, 5.74) is 0.585. The van der Waals surface area contributed by atoms with Crippen molar-refractivity contribution in [1.29, 1.82) is 0 Å². The molecule has 0 nitrogen and oxygen atoms in total. The highest BCUT2D eigenvalue weighted by Crippen LogP contribution is 2.40. The molecule has 114 valence electrons. The van der Waals surface area contributed by atoms with Crippen molar-refractivity contribution in [2.75, 3.05) is 0 Å². The van der Waals surface area contributed by atoms with Crippen molar-refractivity contribution in [2.45, 2.75) is 104 Å². The maximum absolute atomic E-state index is 4.03. The summed E-state index contributed by atoms with van der Waals surface area (Å²) in [6.07, 6.45) is 20.2. The molecule has 19 heavy (non-hydrogen) atoms. The minimum absolute atomic E-state index is 0.585. The molecule has 0 heteroatoms. The van der Waals surface area contributed by atoms with Gasteiger partial charge in [-0.3, -0.25) is 0 Å². The van der Waals surface area contributed by atoms with Gasteiger partial charge in [-0.05, 0) is 31.1 Å². The SMILES string of the molecule is C=CCC(CCCCC)(CCCCC)CCCCC. The van der Waals surface area contributed by atoms with Gasteiger partial charge in [0.1, 0.15) is 0 Å². The molecule has 0 N–H and O–H groups in total. The number of allylic oxidation sites excluding steroid dienone is 1. The third kappa shape index (κ3) is 9.30. The molecule has 0 aliphatic carbocycles. The van der Waals surface area contributed by atoms with Crippen molar-refractivity contribution in [2.24, 2.45) is 5.41 Å². The van der Waals surface area contributed by atoms with Gasteiger partial charge in [0, 0.05) is 0 Å². The van der Waals surface area contributed by atoms with Gasteiger partial charge < -0.3 is 0 Å². The zero-order valence-electron chi connectivity index (χ0n) is 14.0. The molecule has 0 aliphatic rings. The monoisotopic (exact) mass is 266 g/mol. The van der Waals surface area contributed by atoms with Crippen molar-refractivity contribution in [3.8, 4) is 0 Å². The summed E-state index contributed by atoms with van der Waals surface area (Å²) in [5.74, 6) is 0. The average Bonchev–Trinajstić information content (AvgIpc) is 2.40. The number of hydrogen-bond acceptors (Lipinski definition) is 0. The maximum Gasteiger partial charge on any atom is -0.0263 e. The quantitative estimate of drug-likeness (QED) is 0.229. The highest BCUT2D eigenvalue weighted by atomic mass is 14.3. The second-order valence-electron chi connectivity index (χ2n) is 6.36. The largest absolute Gasteiger partial charge is 0.103 e. The number of rotatable bonds is 14. The molecular formula is C19H38. The van der Waals surface area contributed by atoms with E-state index < -0.39 is 0 Å². The summed E-state index contributed by atoms with van der Waals surface area (Å²) in [5, 5.41) is 0. The summed E-state index contributed by atoms with van der Waals surface area (Å²) in [4.78, 5) is 0. The lowest BCUT2D eigenvalue weighted by molar-refractivity contribution is 0.199. The van der Waals surface area contributed by atoms with Crippen LogP contribution in [0.5, 0.6) is 0 Å². The minimum atomic E-state index is 0.585. The Labute approximate surface area is 123 Å². The fourth-order valence-corrected chi connectivity index (χ4v) is 3.24. The summed E-state index contributed by atoms with van der Waals surface area (Å²) in [6.45, 7) is 11.0. The molecule has 0 bridgehead atoms. The lowest BCUT2D eigenvalue weighted by Crippen LogP contribution is -2.20. The Morgan fingerprint density at radius 2 is 1.05 bits per heavy atom. The lowest BCUT2D eigenvalue weighted by atomic mass is 9.72. The van der Waals surface area contributed by atoms with Crippen LogP contribution in [0, 0.1) is 5.41 Å². The van der Waals surface area contributed by atoms with Gasteiger partial charge in [0.15, 0.2) is 0 Å². The molecular weight excluding hydrogens is 228 g/mol. The van der Waals surface area contributed by atoms with Crippen molar-refractivity contribution in [3.63, 3.8) is 0 Å². The molecule has 0 saturated carbocycles. The van der Waals surface area contributed by atoms with Crippen LogP contribution < -0.4 is 0 Å². The van der Waals surface area contributed by atoms with E-state index in [0.29, 0.717) is 5.41 Å². The molecule has 0 rings (SSSR count). The Kier molecular flexibility index (Phi) is 12.6. The second kappa shape index (κ2) is 12.8. The molecule has 0 aromatic carbocycles. The van der Waals surface area contributed by atoms with Crippen molar-refractivity contribution in [3.05, 3.63) is 12.7 Å². The molecule has 0 unspecified atom stereocenters. The van der Waals surface area contributed by atoms with E-state index in [9.17, 15) is 0 Å². The average molecular weight is 267 g/mol. The Bertz CT molecular complexity index is 166. The first-order valence-corrected chi connectivity index (χ1v) is 8.85. The second-order valence-corrected chi connectivity index (χ2v) is 6.36. The first-order chi connectivity index (χ1) is 9.24. The van der Waals surface area contributed by atoms with Crippen LogP contribution in [0.1, 0.15) is 104 Å². The molecule has 0 amide bonds. The third-order valence-electron chi connectivity index (χ3n) is 4.51. The summed E-state index contributed by atoms with van der Waals surface area (Å²) in [6, 6.07) is 0. The van der Waals surface area contributed by atoms with Crippen LogP contribution in [-0.4, -0.2) is 0 Å². The van der Waals surface area contributed by atoms with E-state index in [1.54, 1.807) is 0 Å². The van der Waals surface area contributed by atoms with Crippen LogP contribution in [0.25, 0.3) is 0 Å². The van der Waals surface area contributed by atoms with Gasteiger partial charge in [-0.25, -0.2) is 0 Å². The number of hydrogen-bond donors (Lipinski definition) is 0. The van der Waals surface area contributed by atoms with E-state index in [-0.39, 0.29) is 0 Å².